The number of H-pyrrole nitrogens is 1. The van der Waals surface area contributed by atoms with E-state index in [-0.39, 0.29) is 16.0 Å². The quantitative estimate of drug-likeness (QED) is 0.351. The van der Waals surface area contributed by atoms with Crippen LogP contribution in [-0.2, 0) is 9.16 Å². The molecule has 0 spiro atoms. The van der Waals surface area contributed by atoms with Crippen LogP contribution in [-0.4, -0.2) is 35.7 Å². The van der Waals surface area contributed by atoms with Crippen LogP contribution in [0.1, 0.15) is 27.0 Å². The van der Waals surface area contributed by atoms with Crippen LogP contribution in [0, 0.1) is 3.57 Å². The minimum atomic E-state index is -2.66. The number of nitrogens with one attached hydrogen (secondary N) is 1. The molecule has 4 rings (SSSR count). The average Bonchev–Trinajstić information content (AvgIpc) is 3.26. The van der Waals surface area contributed by atoms with E-state index in [2.05, 4.69) is 74.3 Å². The molecule has 1 saturated heterocycles. The Morgan fingerprint density at radius 1 is 1.09 bits per heavy atom. The third-order valence-corrected chi connectivity index (χ3v) is 12.7. The number of aromatic amines is 1. The lowest BCUT2D eigenvalue weighted by atomic mass is 10.2. The Bertz CT molecular complexity index is 1170. The summed E-state index contributed by atoms with van der Waals surface area (Å²) in [6.07, 6.45) is 1.11. The molecule has 33 heavy (non-hydrogen) atoms. The van der Waals surface area contributed by atoms with Crippen LogP contribution in [0.2, 0.25) is 5.04 Å². The smallest absolute Gasteiger partial charge is 0.330 e. The van der Waals surface area contributed by atoms with Crippen LogP contribution in [0.15, 0.2) is 76.4 Å². The third-order valence-electron chi connectivity index (χ3n) is 5.82. The van der Waals surface area contributed by atoms with Crippen molar-refractivity contribution in [2.24, 2.45) is 0 Å². The highest BCUT2D eigenvalue weighted by molar-refractivity contribution is 14.1. The minimum absolute atomic E-state index is 0.121. The highest BCUT2D eigenvalue weighted by Gasteiger charge is 2.50. The first kappa shape index (κ1) is 24.5. The van der Waals surface area contributed by atoms with E-state index in [1.807, 2.05) is 34.7 Å². The second-order valence-electron chi connectivity index (χ2n) is 8.97. The fraction of sp³-hybridized carbons (Fsp3) is 0.333. The number of hydrogen-bond acceptors (Lipinski definition) is 5. The average molecular weight is 595 g/mol. The molecule has 1 unspecified atom stereocenters. The molecule has 0 radical (unpaired) electrons. The van der Waals surface area contributed by atoms with E-state index in [1.54, 1.807) is 18.0 Å². The highest BCUT2D eigenvalue weighted by atomic mass is 127. The Kier molecular flexibility index (Phi) is 7.34. The summed E-state index contributed by atoms with van der Waals surface area (Å²) in [5.41, 5.74) is -1.05. The molecule has 174 valence electrons. The maximum absolute atomic E-state index is 12.3. The van der Waals surface area contributed by atoms with Crippen LogP contribution in [0.5, 0.6) is 0 Å². The molecule has 2 aromatic carbocycles. The molecule has 0 aliphatic carbocycles. The number of hydrogen-bond donors (Lipinski definition) is 1. The standard InChI is InChI=1S/C24H27IN2O4SSi/c1-24(2,3)33(17-10-6-4-7-11-17,18-12-8-5-9-13-18)30-15-21-31-20(16-32-21)27-14-19(25)22(28)26-23(27)29/h4-14,20-21H,15-16H2,1-3H3,(H,26,28,29)/t20?,21-/m1/s1. The predicted octanol–water partition coefficient (Wildman–Crippen LogP) is 3.31. The second-order valence-corrected chi connectivity index (χ2v) is 15.6. The van der Waals surface area contributed by atoms with Gasteiger partial charge in [-0.05, 0) is 38.0 Å². The van der Waals surface area contributed by atoms with Crippen LogP contribution >= 0.6 is 34.4 Å². The van der Waals surface area contributed by atoms with Gasteiger partial charge in [-0.25, -0.2) is 4.79 Å². The Balaban J connectivity index is 1.62. The maximum Gasteiger partial charge on any atom is 0.330 e. The number of nitrogens with zero attached hydrogens (tertiary/aromatic N) is 1. The van der Waals surface area contributed by atoms with Crippen molar-refractivity contribution in [2.45, 2.75) is 37.5 Å². The van der Waals surface area contributed by atoms with Gasteiger partial charge in [-0.1, -0.05) is 81.4 Å². The van der Waals surface area contributed by atoms with E-state index in [9.17, 15) is 9.59 Å². The summed E-state index contributed by atoms with van der Waals surface area (Å²) in [4.78, 5) is 26.4. The Morgan fingerprint density at radius 2 is 1.67 bits per heavy atom. The number of thioether (sulfide) groups is 1. The SMILES string of the molecule is CC(C)(C)[Si](OC[C@@H]1OC(n2cc(I)c(=O)[nH]c2=O)CS1)(c1ccccc1)c1ccccc1. The number of benzene rings is 2. The second kappa shape index (κ2) is 9.91. The summed E-state index contributed by atoms with van der Waals surface area (Å²) < 4.78 is 15.1. The molecule has 6 nitrogen and oxygen atoms in total. The topological polar surface area (TPSA) is 73.3 Å². The Morgan fingerprint density at radius 3 is 2.21 bits per heavy atom. The van der Waals surface area contributed by atoms with Gasteiger partial charge in [0, 0.05) is 11.9 Å². The van der Waals surface area contributed by atoms with Gasteiger partial charge >= 0.3 is 5.69 Å². The molecule has 1 N–H and O–H groups in total. The molecule has 1 aromatic heterocycles. The summed E-state index contributed by atoms with van der Waals surface area (Å²) in [5.74, 6) is 0.608. The van der Waals surface area contributed by atoms with E-state index >= 15 is 0 Å². The first-order chi connectivity index (χ1) is 15.7. The zero-order valence-electron chi connectivity index (χ0n) is 18.8. The van der Waals surface area contributed by atoms with Crippen molar-refractivity contribution in [2.75, 3.05) is 12.4 Å². The predicted molar refractivity (Wildman–Crippen MR) is 144 cm³/mol. The molecular formula is C24H27IN2O4SSi. The van der Waals surface area contributed by atoms with E-state index in [4.69, 9.17) is 9.16 Å². The molecule has 1 aliphatic heterocycles. The van der Waals surface area contributed by atoms with Gasteiger partial charge in [0.15, 0.2) is 0 Å². The monoisotopic (exact) mass is 594 g/mol. The van der Waals surface area contributed by atoms with Crippen LogP contribution < -0.4 is 21.6 Å². The van der Waals surface area contributed by atoms with Crippen molar-refractivity contribution in [3.8, 4) is 0 Å². The van der Waals surface area contributed by atoms with E-state index < -0.39 is 20.2 Å². The van der Waals surface area contributed by atoms with Gasteiger partial charge in [-0.2, -0.15) is 0 Å². The fourth-order valence-corrected chi connectivity index (χ4v) is 10.4. The zero-order valence-corrected chi connectivity index (χ0v) is 22.8. The maximum atomic E-state index is 12.3. The summed E-state index contributed by atoms with van der Waals surface area (Å²) >= 11 is 3.55. The summed E-state index contributed by atoms with van der Waals surface area (Å²) in [6.45, 7) is 7.13. The van der Waals surface area contributed by atoms with E-state index in [1.165, 1.54) is 14.9 Å². The molecule has 2 heterocycles. The van der Waals surface area contributed by atoms with Crippen molar-refractivity contribution in [3.63, 3.8) is 0 Å². The van der Waals surface area contributed by atoms with Crippen molar-refractivity contribution in [1.29, 1.82) is 0 Å². The van der Waals surface area contributed by atoms with Crippen molar-refractivity contribution < 1.29 is 9.16 Å². The lowest BCUT2D eigenvalue weighted by molar-refractivity contribution is -0.00373. The van der Waals surface area contributed by atoms with Gasteiger partial charge < -0.3 is 9.16 Å². The van der Waals surface area contributed by atoms with Gasteiger partial charge in [0.2, 0.25) is 0 Å². The fourth-order valence-electron chi connectivity index (χ4n) is 4.31. The Labute approximate surface area is 212 Å². The lowest BCUT2D eigenvalue weighted by Gasteiger charge is -2.43. The van der Waals surface area contributed by atoms with Crippen molar-refractivity contribution in [3.05, 3.63) is 91.3 Å². The molecule has 0 saturated carbocycles. The van der Waals surface area contributed by atoms with Gasteiger partial charge in [0.05, 0.1) is 10.2 Å². The molecule has 9 heteroatoms. The molecule has 3 aromatic rings. The molecule has 0 amide bonds. The summed E-state index contributed by atoms with van der Waals surface area (Å²) in [6, 6.07) is 21.0. The largest absolute Gasteiger partial charge is 0.404 e. The highest BCUT2D eigenvalue weighted by Crippen LogP contribution is 2.38. The molecule has 1 aliphatic rings. The summed E-state index contributed by atoms with van der Waals surface area (Å²) in [7, 11) is -2.66. The first-order valence-electron chi connectivity index (χ1n) is 10.8. The van der Waals surface area contributed by atoms with Gasteiger partial charge in [-0.3, -0.25) is 14.3 Å². The Hall–Kier alpha value is -1.66. The third kappa shape index (κ3) is 4.92. The van der Waals surface area contributed by atoms with E-state index in [0.717, 1.165) is 0 Å². The molecule has 1 fully saturated rings. The number of ether oxygens (including phenoxy) is 1. The van der Waals surface area contributed by atoms with Gasteiger partial charge in [-0.15, -0.1) is 11.8 Å². The zero-order chi connectivity index (χ0) is 23.6. The first-order valence-corrected chi connectivity index (χ1v) is 14.8. The van der Waals surface area contributed by atoms with E-state index in [0.29, 0.717) is 15.9 Å². The molecule has 0 bridgehead atoms. The van der Waals surface area contributed by atoms with Crippen LogP contribution in [0.25, 0.3) is 0 Å². The van der Waals surface area contributed by atoms with Crippen LogP contribution in [0.3, 0.4) is 0 Å². The summed E-state index contributed by atoms with van der Waals surface area (Å²) in [5, 5.41) is 2.31. The van der Waals surface area contributed by atoms with Crippen molar-refractivity contribution in [1.82, 2.24) is 9.55 Å². The number of halogens is 1. The van der Waals surface area contributed by atoms with Crippen LogP contribution in [0.4, 0.5) is 0 Å². The molecular weight excluding hydrogens is 567 g/mol. The molecule has 2 atom stereocenters. The minimum Gasteiger partial charge on any atom is -0.404 e. The lowest BCUT2D eigenvalue weighted by Crippen LogP contribution is -2.67. The van der Waals surface area contributed by atoms with Crippen molar-refractivity contribution >= 4 is 53.0 Å². The normalized spacial score (nSPS) is 19.0. The van der Waals surface area contributed by atoms with Gasteiger partial charge in [0.25, 0.3) is 13.9 Å². The number of aromatic nitrogens is 2. The van der Waals surface area contributed by atoms with Gasteiger partial charge in [0.1, 0.15) is 11.7 Å². The number of rotatable bonds is 6.